The Labute approximate surface area is 107 Å². The van der Waals surface area contributed by atoms with Gasteiger partial charge in [-0.2, -0.15) is 0 Å². The van der Waals surface area contributed by atoms with Crippen molar-refractivity contribution < 1.29 is 9.13 Å². The van der Waals surface area contributed by atoms with E-state index in [1.54, 1.807) is 6.07 Å². The van der Waals surface area contributed by atoms with Gasteiger partial charge in [0.1, 0.15) is 10.8 Å². The SMILES string of the molecule is CCCCCOCc1cc(F)cc(C(N)=S)c1. The van der Waals surface area contributed by atoms with E-state index in [0.29, 0.717) is 18.8 Å². The van der Waals surface area contributed by atoms with Crippen LogP contribution in [0.25, 0.3) is 0 Å². The topological polar surface area (TPSA) is 35.2 Å². The van der Waals surface area contributed by atoms with Crippen molar-refractivity contribution in [3.05, 3.63) is 35.1 Å². The highest BCUT2D eigenvalue weighted by molar-refractivity contribution is 7.80. The molecule has 0 aromatic heterocycles. The van der Waals surface area contributed by atoms with Crippen molar-refractivity contribution in [3.8, 4) is 0 Å². The van der Waals surface area contributed by atoms with Crippen LogP contribution in [0.5, 0.6) is 0 Å². The highest BCUT2D eigenvalue weighted by atomic mass is 32.1. The summed E-state index contributed by atoms with van der Waals surface area (Å²) in [5.74, 6) is -0.331. The minimum absolute atomic E-state index is 0.205. The molecule has 0 spiro atoms. The smallest absolute Gasteiger partial charge is 0.124 e. The Morgan fingerprint density at radius 3 is 2.76 bits per heavy atom. The van der Waals surface area contributed by atoms with Crippen molar-refractivity contribution in [3.63, 3.8) is 0 Å². The largest absolute Gasteiger partial charge is 0.389 e. The lowest BCUT2D eigenvalue weighted by molar-refractivity contribution is 0.117. The Morgan fingerprint density at radius 1 is 1.35 bits per heavy atom. The van der Waals surface area contributed by atoms with Crippen molar-refractivity contribution in [2.45, 2.75) is 32.8 Å². The van der Waals surface area contributed by atoms with Gasteiger partial charge >= 0.3 is 0 Å². The molecule has 0 fully saturated rings. The first-order chi connectivity index (χ1) is 8.13. The molecule has 0 saturated carbocycles. The fourth-order valence-electron chi connectivity index (χ4n) is 1.52. The van der Waals surface area contributed by atoms with Gasteiger partial charge < -0.3 is 10.5 Å². The molecular weight excluding hydrogens is 237 g/mol. The molecule has 4 heteroatoms. The first kappa shape index (κ1) is 14.1. The van der Waals surface area contributed by atoms with Crippen LogP contribution in [0.1, 0.15) is 37.3 Å². The number of ether oxygens (including phenoxy) is 1. The van der Waals surface area contributed by atoms with Crippen LogP contribution in [-0.4, -0.2) is 11.6 Å². The number of benzene rings is 1. The molecule has 0 radical (unpaired) electrons. The fourth-order valence-corrected chi connectivity index (χ4v) is 1.64. The van der Waals surface area contributed by atoms with Crippen LogP contribution >= 0.6 is 12.2 Å². The lowest BCUT2D eigenvalue weighted by Crippen LogP contribution is -2.10. The van der Waals surface area contributed by atoms with Gasteiger partial charge in [-0.3, -0.25) is 0 Å². The Balaban J connectivity index is 2.50. The molecule has 0 aliphatic carbocycles. The second-order valence-corrected chi connectivity index (χ2v) is 4.41. The Morgan fingerprint density at radius 2 is 2.12 bits per heavy atom. The third kappa shape index (κ3) is 5.24. The molecule has 1 aromatic carbocycles. The Hall–Kier alpha value is -1.00. The molecule has 0 atom stereocenters. The first-order valence-electron chi connectivity index (χ1n) is 5.80. The highest BCUT2D eigenvalue weighted by Gasteiger charge is 2.03. The second kappa shape index (κ2) is 7.35. The number of rotatable bonds is 7. The number of unbranched alkanes of at least 4 members (excludes halogenated alkanes) is 2. The molecule has 0 bridgehead atoms. The lowest BCUT2D eigenvalue weighted by Gasteiger charge is -2.06. The third-order valence-corrected chi connectivity index (χ3v) is 2.64. The Bertz CT molecular complexity index is 382. The molecule has 0 aliphatic heterocycles. The maximum absolute atomic E-state index is 13.2. The molecule has 17 heavy (non-hydrogen) atoms. The van der Waals surface area contributed by atoms with Gasteiger partial charge in [0.25, 0.3) is 0 Å². The maximum atomic E-state index is 13.2. The third-order valence-electron chi connectivity index (χ3n) is 2.40. The minimum atomic E-state index is -0.331. The predicted molar refractivity (Wildman–Crippen MR) is 71.5 cm³/mol. The molecule has 94 valence electrons. The molecule has 0 heterocycles. The summed E-state index contributed by atoms with van der Waals surface area (Å²) in [5.41, 5.74) is 6.79. The minimum Gasteiger partial charge on any atom is -0.389 e. The number of halogens is 1. The van der Waals surface area contributed by atoms with Gasteiger partial charge in [-0.15, -0.1) is 0 Å². The van der Waals surface area contributed by atoms with E-state index >= 15 is 0 Å². The normalized spacial score (nSPS) is 10.5. The number of hydrogen-bond acceptors (Lipinski definition) is 2. The summed E-state index contributed by atoms with van der Waals surface area (Å²) in [4.78, 5) is 0.205. The molecule has 2 nitrogen and oxygen atoms in total. The van der Waals surface area contributed by atoms with E-state index in [9.17, 15) is 4.39 Å². The summed E-state index contributed by atoms with van der Waals surface area (Å²) >= 11 is 4.82. The van der Waals surface area contributed by atoms with Gasteiger partial charge in [-0.25, -0.2) is 4.39 Å². The zero-order valence-corrected chi connectivity index (χ0v) is 10.9. The van der Waals surface area contributed by atoms with E-state index in [-0.39, 0.29) is 10.8 Å². The van der Waals surface area contributed by atoms with Crippen LogP contribution in [0.2, 0.25) is 0 Å². The zero-order valence-electron chi connectivity index (χ0n) is 10.0. The van der Waals surface area contributed by atoms with Gasteiger partial charge in [0.05, 0.1) is 6.61 Å². The van der Waals surface area contributed by atoms with Crippen molar-refractivity contribution in [2.75, 3.05) is 6.61 Å². The maximum Gasteiger partial charge on any atom is 0.124 e. The molecule has 2 N–H and O–H groups in total. The molecule has 0 amide bonds. The van der Waals surface area contributed by atoms with Crippen molar-refractivity contribution in [1.82, 2.24) is 0 Å². The van der Waals surface area contributed by atoms with Crippen LogP contribution in [0.15, 0.2) is 18.2 Å². The van der Waals surface area contributed by atoms with Crippen LogP contribution < -0.4 is 5.73 Å². The summed E-state index contributed by atoms with van der Waals surface area (Å²) in [6.45, 7) is 3.24. The lowest BCUT2D eigenvalue weighted by atomic mass is 10.1. The van der Waals surface area contributed by atoms with Crippen molar-refractivity contribution in [1.29, 1.82) is 0 Å². The molecule has 1 aromatic rings. The molecule has 0 aliphatic rings. The van der Waals surface area contributed by atoms with E-state index in [0.717, 1.165) is 24.8 Å². The summed E-state index contributed by atoms with van der Waals surface area (Å²) < 4.78 is 18.7. The fraction of sp³-hybridized carbons (Fsp3) is 0.462. The summed E-state index contributed by atoms with van der Waals surface area (Å²) in [7, 11) is 0. The van der Waals surface area contributed by atoms with Crippen LogP contribution in [0, 0.1) is 5.82 Å². The zero-order chi connectivity index (χ0) is 12.7. The highest BCUT2D eigenvalue weighted by Crippen LogP contribution is 2.11. The number of thiocarbonyl (C=S) groups is 1. The standard InChI is InChI=1S/C13H18FNOS/c1-2-3-4-5-16-9-10-6-11(13(15)17)8-12(14)7-10/h6-8H,2-5,9H2,1H3,(H2,15,17). The van der Waals surface area contributed by atoms with E-state index in [2.05, 4.69) is 6.92 Å². The van der Waals surface area contributed by atoms with Gasteiger partial charge in [0.15, 0.2) is 0 Å². The average molecular weight is 255 g/mol. The average Bonchev–Trinajstić information content (AvgIpc) is 2.28. The first-order valence-corrected chi connectivity index (χ1v) is 6.21. The van der Waals surface area contributed by atoms with Gasteiger partial charge in [-0.05, 0) is 30.2 Å². The van der Waals surface area contributed by atoms with Crippen LogP contribution in [-0.2, 0) is 11.3 Å². The Kier molecular flexibility index (Phi) is 6.08. The van der Waals surface area contributed by atoms with E-state index < -0.39 is 0 Å². The molecule has 1 rings (SSSR count). The summed E-state index contributed by atoms with van der Waals surface area (Å²) in [5, 5.41) is 0. The quantitative estimate of drug-likeness (QED) is 0.600. The van der Waals surface area contributed by atoms with Crippen molar-refractivity contribution in [2.24, 2.45) is 5.73 Å². The van der Waals surface area contributed by atoms with Gasteiger partial charge in [-0.1, -0.05) is 32.0 Å². The van der Waals surface area contributed by atoms with E-state index in [4.69, 9.17) is 22.7 Å². The van der Waals surface area contributed by atoms with Gasteiger partial charge in [0, 0.05) is 12.2 Å². The van der Waals surface area contributed by atoms with Gasteiger partial charge in [0.2, 0.25) is 0 Å². The summed E-state index contributed by atoms with van der Waals surface area (Å²) in [6.07, 6.45) is 3.35. The van der Waals surface area contributed by atoms with Crippen LogP contribution in [0.3, 0.4) is 0 Å². The number of nitrogens with two attached hydrogens (primary N) is 1. The van der Waals surface area contributed by atoms with Crippen LogP contribution in [0.4, 0.5) is 4.39 Å². The van der Waals surface area contributed by atoms with E-state index in [1.807, 2.05) is 0 Å². The second-order valence-electron chi connectivity index (χ2n) is 3.97. The monoisotopic (exact) mass is 255 g/mol. The summed E-state index contributed by atoms with van der Waals surface area (Å²) in [6, 6.07) is 4.55. The van der Waals surface area contributed by atoms with E-state index in [1.165, 1.54) is 12.1 Å². The molecule has 0 unspecified atom stereocenters. The predicted octanol–water partition coefficient (Wildman–Crippen LogP) is 3.17. The number of hydrogen-bond donors (Lipinski definition) is 1. The molecular formula is C13H18FNOS. The van der Waals surface area contributed by atoms with Crippen molar-refractivity contribution >= 4 is 17.2 Å². The molecule has 0 saturated heterocycles.